The molecule has 144 valence electrons. The van der Waals surface area contributed by atoms with Gasteiger partial charge in [0.05, 0.1) is 21.3 Å². The molecule has 0 bridgehead atoms. The van der Waals surface area contributed by atoms with Gasteiger partial charge in [0.1, 0.15) is 0 Å². The molecule has 0 aliphatic heterocycles. The van der Waals surface area contributed by atoms with Crippen LogP contribution in [-0.2, 0) is 4.79 Å². The molecule has 0 unspecified atom stereocenters. The van der Waals surface area contributed by atoms with Crippen molar-refractivity contribution in [3.05, 3.63) is 53.6 Å². The lowest BCUT2D eigenvalue weighted by Gasteiger charge is -2.12. The first-order valence-electron chi connectivity index (χ1n) is 8.52. The third-order valence-corrected chi connectivity index (χ3v) is 4.82. The van der Waals surface area contributed by atoms with Crippen LogP contribution >= 0.6 is 11.8 Å². The Labute approximate surface area is 164 Å². The number of amides is 1. The van der Waals surface area contributed by atoms with Crippen molar-refractivity contribution in [1.82, 2.24) is 5.32 Å². The summed E-state index contributed by atoms with van der Waals surface area (Å²) in [6, 6.07) is 11.9. The molecule has 0 radical (unpaired) electrons. The SMILES string of the molecule is COc1cc(/C=C/C(=O)NCCSc2ccc(C)cc2)cc(OC)c1OC. The standard InChI is InChI=1S/C21H25NO4S/c1-15-5-8-17(9-6-15)27-12-11-22-20(23)10-7-16-13-18(24-2)21(26-4)19(14-16)25-3/h5-10,13-14H,11-12H2,1-4H3,(H,22,23)/b10-7+. The van der Waals surface area contributed by atoms with E-state index >= 15 is 0 Å². The Morgan fingerprint density at radius 2 is 1.67 bits per heavy atom. The molecule has 5 nitrogen and oxygen atoms in total. The molecule has 2 rings (SSSR count). The van der Waals surface area contributed by atoms with Gasteiger partial charge in [-0.25, -0.2) is 0 Å². The van der Waals surface area contributed by atoms with Gasteiger partial charge in [-0.15, -0.1) is 11.8 Å². The number of thioether (sulfide) groups is 1. The zero-order valence-electron chi connectivity index (χ0n) is 16.1. The normalized spacial score (nSPS) is 10.7. The number of benzene rings is 2. The number of hydrogen-bond acceptors (Lipinski definition) is 5. The maximum Gasteiger partial charge on any atom is 0.244 e. The van der Waals surface area contributed by atoms with Crippen LogP contribution in [0.2, 0.25) is 0 Å². The zero-order valence-corrected chi connectivity index (χ0v) is 16.9. The first-order chi connectivity index (χ1) is 13.1. The van der Waals surface area contributed by atoms with Crippen molar-refractivity contribution in [2.45, 2.75) is 11.8 Å². The van der Waals surface area contributed by atoms with Crippen molar-refractivity contribution in [3.8, 4) is 17.2 Å². The van der Waals surface area contributed by atoms with Crippen LogP contribution < -0.4 is 19.5 Å². The van der Waals surface area contributed by atoms with E-state index in [1.54, 1.807) is 51.3 Å². The third-order valence-electron chi connectivity index (χ3n) is 3.81. The van der Waals surface area contributed by atoms with Crippen LogP contribution in [0.25, 0.3) is 6.08 Å². The molecule has 0 aliphatic carbocycles. The first kappa shape index (κ1) is 20.7. The molecule has 0 heterocycles. The number of hydrogen-bond donors (Lipinski definition) is 1. The Kier molecular flexibility index (Phi) is 8.07. The fourth-order valence-electron chi connectivity index (χ4n) is 2.41. The quantitative estimate of drug-likeness (QED) is 0.401. The van der Waals surface area contributed by atoms with Gasteiger partial charge in [-0.2, -0.15) is 0 Å². The molecule has 1 N–H and O–H groups in total. The van der Waals surface area contributed by atoms with Crippen molar-refractivity contribution in [2.24, 2.45) is 0 Å². The average Bonchev–Trinajstić information content (AvgIpc) is 2.70. The van der Waals surface area contributed by atoms with Gasteiger partial charge in [0, 0.05) is 23.3 Å². The van der Waals surface area contributed by atoms with E-state index in [2.05, 4.69) is 36.5 Å². The van der Waals surface area contributed by atoms with Crippen LogP contribution in [0.15, 0.2) is 47.4 Å². The lowest BCUT2D eigenvalue weighted by molar-refractivity contribution is -0.116. The van der Waals surface area contributed by atoms with Crippen molar-refractivity contribution in [2.75, 3.05) is 33.6 Å². The van der Waals surface area contributed by atoms with Crippen LogP contribution in [-0.4, -0.2) is 39.5 Å². The van der Waals surface area contributed by atoms with Crippen LogP contribution in [0.3, 0.4) is 0 Å². The molecule has 27 heavy (non-hydrogen) atoms. The summed E-state index contributed by atoms with van der Waals surface area (Å²) in [6.45, 7) is 2.66. The number of nitrogens with one attached hydrogen (secondary N) is 1. The molecule has 2 aromatic carbocycles. The van der Waals surface area contributed by atoms with Crippen LogP contribution in [0.1, 0.15) is 11.1 Å². The van der Waals surface area contributed by atoms with Crippen molar-refractivity contribution in [3.63, 3.8) is 0 Å². The second-order valence-corrected chi connectivity index (χ2v) is 6.91. The summed E-state index contributed by atoms with van der Waals surface area (Å²) in [5, 5.41) is 2.88. The van der Waals surface area contributed by atoms with E-state index in [-0.39, 0.29) is 5.91 Å². The van der Waals surface area contributed by atoms with Gasteiger partial charge in [0.25, 0.3) is 0 Å². The fraction of sp³-hybridized carbons (Fsp3) is 0.286. The van der Waals surface area contributed by atoms with Gasteiger partial charge >= 0.3 is 0 Å². The number of aryl methyl sites for hydroxylation is 1. The highest BCUT2D eigenvalue weighted by atomic mass is 32.2. The summed E-state index contributed by atoms with van der Waals surface area (Å²) in [7, 11) is 4.67. The minimum Gasteiger partial charge on any atom is -0.493 e. The van der Waals surface area contributed by atoms with Gasteiger partial charge in [-0.3, -0.25) is 4.79 Å². The molecule has 0 spiro atoms. The number of methoxy groups -OCH3 is 3. The second-order valence-electron chi connectivity index (χ2n) is 5.74. The van der Waals surface area contributed by atoms with E-state index < -0.39 is 0 Å². The predicted octanol–water partition coefficient (Wildman–Crippen LogP) is 3.94. The third kappa shape index (κ3) is 6.25. The molecule has 0 fully saturated rings. The second kappa shape index (κ2) is 10.5. The Balaban J connectivity index is 1.87. The molecule has 0 aromatic heterocycles. The highest BCUT2D eigenvalue weighted by molar-refractivity contribution is 7.99. The van der Waals surface area contributed by atoms with Gasteiger partial charge < -0.3 is 19.5 Å². The predicted molar refractivity (Wildman–Crippen MR) is 110 cm³/mol. The molecule has 2 aromatic rings. The Morgan fingerprint density at radius 3 is 2.22 bits per heavy atom. The molecular weight excluding hydrogens is 362 g/mol. The molecule has 6 heteroatoms. The lowest BCUT2D eigenvalue weighted by Crippen LogP contribution is -2.23. The average molecular weight is 388 g/mol. The maximum absolute atomic E-state index is 12.0. The minimum absolute atomic E-state index is 0.145. The highest BCUT2D eigenvalue weighted by Crippen LogP contribution is 2.38. The molecule has 0 aliphatic rings. The molecular formula is C21H25NO4S. The van der Waals surface area contributed by atoms with E-state index in [1.165, 1.54) is 16.5 Å². The Morgan fingerprint density at radius 1 is 1.04 bits per heavy atom. The fourth-order valence-corrected chi connectivity index (χ4v) is 3.17. The van der Waals surface area contributed by atoms with Gasteiger partial charge in [-0.1, -0.05) is 17.7 Å². The van der Waals surface area contributed by atoms with Crippen molar-refractivity contribution in [1.29, 1.82) is 0 Å². The van der Waals surface area contributed by atoms with Crippen LogP contribution in [0.4, 0.5) is 0 Å². The van der Waals surface area contributed by atoms with Crippen molar-refractivity contribution >= 4 is 23.7 Å². The van der Waals surface area contributed by atoms with E-state index in [0.717, 1.165) is 11.3 Å². The number of ether oxygens (including phenoxy) is 3. The number of rotatable bonds is 9. The van der Waals surface area contributed by atoms with Crippen LogP contribution in [0, 0.1) is 6.92 Å². The van der Waals surface area contributed by atoms with Gasteiger partial charge in [0.15, 0.2) is 11.5 Å². The van der Waals surface area contributed by atoms with E-state index in [1.807, 2.05) is 0 Å². The van der Waals surface area contributed by atoms with E-state index in [4.69, 9.17) is 14.2 Å². The zero-order chi connectivity index (χ0) is 19.6. The summed E-state index contributed by atoms with van der Waals surface area (Å²) in [5.41, 5.74) is 2.03. The number of carbonyl (C=O) groups excluding carboxylic acids is 1. The molecule has 0 atom stereocenters. The molecule has 0 saturated carbocycles. The van der Waals surface area contributed by atoms with E-state index in [0.29, 0.717) is 23.8 Å². The Hall–Kier alpha value is -2.60. The Bertz CT molecular complexity index is 762. The number of carbonyl (C=O) groups is 1. The monoisotopic (exact) mass is 387 g/mol. The smallest absolute Gasteiger partial charge is 0.244 e. The minimum atomic E-state index is -0.145. The van der Waals surface area contributed by atoms with E-state index in [9.17, 15) is 4.79 Å². The van der Waals surface area contributed by atoms with Gasteiger partial charge in [-0.05, 0) is 42.8 Å². The van der Waals surface area contributed by atoms with Crippen molar-refractivity contribution < 1.29 is 19.0 Å². The molecule has 0 saturated heterocycles. The summed E-state index contributed by atoms with van der Waals surface area (Å²) < 4.78 is 15.9. The summed E-state index contributed by atoms with van der Waals surface area (Å²) in [4.78, 5) is 13.2. The first-order valence-corrected chi connectivity index (χ1v) is 9.51. The molecule has 1 amide bonds. The highest BCUT2D eigenvalue weighted by Gasteiger charge is 2.12. The summed E-state index contributed by atoms with van der Waals surface area (Å²) in [6.07, 6.45) is 3.21. The summed E-state index contributed by atoms with van der Waals surface area (Å²) in [5.74, 6) is 2.29. The maximum atomic E-state index is 12.0. The topological polar surface area (TPSA) is 56.8 Å². The summed E-state index contributed by atoms with van der Waals surface area (Å²) >= 11 is 1.71. The van der Waals surface area contributed by atoms with Crippen LogP contribution in [0.5, 0.6) is 17.2 Å². The lowest BCUT2D eigenvalue weighted by atomic mass is 10.1. The van der Waals surface area contributed by atoms with Gasteiger partial charge in [0.2, 0.25) is 11.7 Å². The largest absolute Gasteiger partial charge is 0.493 e.